The second-order valence-corrected chi connectivity index (χ2v) is 4.32. The van der Waals surface area contributed by atoms with E-state index in [4.69, 9.17) is 5.26 Å². The topological polar surface area (TPSA) is 73.6 Å². The predicted octanol–water partition coefficient (Wildman–Crippen LogP) is 2.07. The van der Waals surface area contributed by atoms with Crippen molar-refractivity contribution in [2.75, 3.05) is 17.2 Å². The number of aryl methyl sites for hydroxylation is 1. The summed E-state index contributed by atoms with van der Waals surface area (Å²) >= 11 is 0. The average Bonchev–Trinajstić information content (AvgIpc) is 2.78. The van der Waals surface area contributed by atoms with Crippen molar-refractivity contribution in [1.82, 2.24) is 9.97 Å². The molecule has 17 heavy (non-hydrogen) atoms. The van der Waals surface area contributed by atoms with Crippen LogP contribution in [0.15, 0.2) is 6.07 Å². The van der Waals surface area contributed by atoms with Crippen LogP contribution in [0, 0.1) is 18.3 Å². The molecule has 5 nitrogen and oxygen atoms in total. The van der Waals surface area contributed by atoms with Gasteiger partial charge in [0.05, 0.1) is 6.07 Å². The number of nitrogens with one attached hydrogen (secondary N) is 2. The van der Waals surface area contributed by atoms with Gasteiger partial charge in [-0.1, -0.05) is 12.8 Å². The van der Waals surface area contributed by atoms with Crippen LogP contribution in [0.5, 0.6) is 0 Å². The summed E-state index contributed by atoms with van der Waals surface area (Å²) < 4.78 is 0. The Morgan fingerprint density at radius 3 is 2.76 bits per heavy atom. The van der Waals surface area contributed by atoms with E-state index in [1.54, 1.807) is 0 Å². The summed E-state index contributed by atoms with van der Waals surface area (Å²) in [6.45, 7) is 2.12. The molecule has 0 amide bonds. The largest absolute Gasteiger partial charge is 0.367 e. The molecule has 0 saturated heterocycles. The van der Waals surface area contributed by atoms with Crippen molar-refractivity contribution in [3.8, 4) is 6.07 Å². The van der Waals surface area contributed by atoms with E-state index >= 15 is 0 Å². The van der Waals surface area contributed by atoms with Crippen molar-refractivity contribution in [3.05, 3.63) is 11.9 Å². The number of nitriles is 1. The Balaban J connectivity index is 2.05. The molecule has 90 valence electrons. The molecule has 0 radical (unpaired) electrons. The number of nitrogens with zero attached hydrogens (tertiary/aromatic N) is 3. The number of hydrogen-bond acceptors (Lipinski definition) is 5. The van der Waals surface area contributed by atoms with Gasteiger partial charge in [-0.3, -0.25) is 0 Å². The van der Waals surface area contributed by atoms with Crippen molar-refractivity contribution in [3.63, 3.8) is 0 Å². The maximum Gasteiger partial charge on any atom is 0.132 e. The molecule has 0 atom stereocenters. The maximum absolute atomic E-state index is 8.52. The summed E-state index contributed by atoms with van der Waals surface area (Å²) in [7, 11) is 0. The van der Waals surface area contributed by atoms with Crippen LogP contribution in [0.4, 0.5) is 11.6 Å². The van der Waals surface area contributed by atoms with Crippen molar-refractivity contribution >= 4 is 11.6 Å². The quantitative estimate of drug-likeness (QED) is 0.776. The first-order valence-electron chi connectivity index (χ1n) is 6.01. The van der Waals surface area contributed by atoms with Crippen molar-refractivity contribution in [2.24, 2.45) is 0 Å². The maximum atomic E-state index is 8.52. The normalized spacial score (nSPS) is 15.5. The van der Waals surface area contributed by atoms with Gasteiger partial charge in [-0.05, 0) is 19.8 Å². The highest BCUT2D eigenvalue weighted by Crippen LogP contribution is 2.22. The molecule has 0 aliphatic heterocycles. The Morgan fingerprint density at radius 2 is 2.06 bits per heavy atom. The van der Waals surface area contributed by atoms with Crippen LogP contribution in [0.25, 0.3) is 0 Å². The molecule has 1 heterocycles. The van der Waals surface area contributed by atoms with Gasteiger partial charge in [0.25, 0.3) is 0 Å². The number of rotatable bonds is 4. The molecule has 1 aromatic rings. The minimum Gasteiger partial charge on any atom is -0.367 e. The summed E-state index contributed by atoms with van der Waals surface area (Å²) in [5.41, 5.74) is 0. The Kier molecular flexibility index (Phi) is 3.76. The molecule has 1 aliphatic rings. The zero-order valence-corrected chi connectivity index (χ0v) is 10.0. The van der Waals surface area contributed by atoms with Gasteiger partial charge in [0.1, 0.15) is 24.0 Å². The van der Waals surface area contributed by atoms with E-state index in [9.17, 15) is 0 Å². The summed E-state index contributed by atoms with van der Waals surface area (Å²) in [5.74, 6) is 2.28. The predicted molar refractivity (Wildman–Crippen MR) is 66.8 cm³/mol. The van der Waals surface area contributed by atoms with Crippen LogP contribution in [-0.4, -0.2) is 22.6 Å². The van der Waals surface area contributed by atoms with Gasteiger partial charge in [0.2, 0.25) is 0 Å². The fourth-order valence-corrected chi connectivity index (χ4v) is 2.14. The third-order valence-electron chi connectivity index (χ3n) is 2.89. The van der Waals surface area contributed by atoms with Gasteiger partial charge in [0.15, 0.2) is 0 Å². The van der Waals surface area contributed by atoms with Crippen LogP contribution in [0.3, 0.4) is 0 Å². The molecule has 0 unspecified atom stereocenters. The highest BCUT2D eigenvalue weighted by Gasteiger charge is 2.15. The standard InChI is InChI=1S/C12H17N5/c1-9-15-11(14-7-6-13)8-12(16-9)17-10-4-2-3-5-10/h8,10H,2-5,7H2,1H3,(H2,14,15,16,17). The molecule has 5 heteroatoms. The first-order chi connectivity index (χ1) is 8.28. The summed E-state index contributed by atoms with van der Waals surface area (Å²) in [6, 6.07) is 4.44. The average molecular weight is 231 g/mol. The van der Waals surface area contributed by atoms with E-state index < -0.39 is 0 Å². The molecule has 0 bridgehead atoms. The summed E-state index contributed by atoms with van der Waals surface area (Å²) in [6.07, 6.45) is 5.01. The minimum absolute atomic E-state index is 0.263. The van der Waals surface area contributed by atoms with Gasteiger partial charge >= 0.3 is 0 Å². The van der Waals surface area contributed by atoms with E-state index in [0.717, 1.165) is 5.82 Å². The van der Waals surface area contributed by atoms with Crippen molar-refractivity contribution in [2.45, 2.75) is 38.6 Å². The first kappa shape index (κ1) is 11.6. The number of aromatic nitrogens is 2. The van der Waals surface area contributed by atoms with Crippen LogP contribution in [0.2, 0.25) is 0 Å². The highest BCUT2D eigenvalue weighted by atomic mass is 15.1. The number of anilines is 2. The summed E-state index contributed by atoms with van der Waals surface area (Å²) in [4.78, 5) is 8.59. The zero-order valence-electron chi connectivity index (χ0n) is 10.0. The van der Waals surface area contributed by atoms with E-state index in [1.165, 1.54) is 25.7 Å². The second-order valence-electron chi connectivity index (χ2n) is 4.32. The lowest BCUT2D eigenvalue weighted by Gasteiger charge is -2.13. The Hall–Kier alpha value is -1.83. The first-order valence-corrected chi connectivity index (χ1v) is 6.01. The van der Waals surface area contributed by atoms with E-state index in [2.05, 4.69) is 20.6 Å². The van der Waals surface area contributed by atoms with E-state index in [1.807, 2.05) is 19.1 Å². The highest BCUT2D eigenvalue weighted by molar-refractivity contribution is 5.48. The second kappa shape index (κ2) is 5.48. The lowest BCUT2D eigenvalue weighted by molar-refractivity contribution is 0.748. The van der Waals surface area contributed by atoms with Crippen LogP contribution in [-0.2, 0) is 0 Å². The molecule has 1 aromatic heterocycles. The van der Waals surface area contributed by atoms with Crippen LogP contribution >= 0.6 is 0 Å². The Bertz CT molecular complexity index is 417. The third-order valence-corrected chi connectivity index (χ3v) is 2.89. The Labute approximate surface area is 101 Å². The lowest BCUT2D eigenvalue weighted by Crippen LogP contribution is -2.16. The molecule has 2 rings (SSSR count). The molecule has 1 saturated carbocycles. The van der Waals surface area contributed by atoms with E-state index in [0.29, 0.717) is 17.7 Å². The van der Waals surface area contributed by atoms with Crippen molar-refractivity contribution in [1.29, 1.82) is 5.26 Å². The van der Waals surface area contributed by atoms with Gasteiger partial charge in [-0.15, -0.1) is 0 Å². The lowest BCUT2D eigenvalue weighted by atomic mass is 10.2. The van der Waals surface area contributed by atoms with Crippen LogP contribution < -0.4 is 10.6 Å². The Morgan fingerprint density at radius 1 is 1.35 bits per heavy atom. The number of hydrogen-bond donors (Lipinski definition) is 2. The van der Waals surface area contributed by atoms with Gasteiger partial charge < -0.3 is 10.6 Å². The van der Waals surface area contributed by atoms with Crippen LogP contribution in [0.1, 0.15) is 31.5 Å². The van der Waals surface area contributed by atoms with E-state index in [-0.39, 0.29) is 6.54 Å². The fourth-order valence-electron chi connectivity index (χ4n) is 2.14. The van der Waals surface area contributed by atoms with Gasteiger partial charge in [-0.25, -0.2) is 9.97 Å². The fraction of sp³-hybridized carbons (Fsp3) is 0.583. The smallest absolute Gasteiger partial charge is 0.132 e. The molecular weight excluding hydrogens is 214 g/mol. The monoisotopic (exact) mass is 231 g/mol. The minimum atomic E-state index is 0.263. The molecule has 0 aromatic carbocycles. The van der Waals surface area contributed by atoms with Gasteiger partial charge in [0, 0.05) is 12.1 Å². The zero-order chi connectivity index (χ0) is 12.1. The summed E-state index contributed by atoms with van der Waals surface area (Å²) in [5, 5.41) is 14.9. The van der Waals surface area contributed by atoms with Crippen molar-refractivity contribution < 1.29 is 0 Å². The SMILES string of the molecule is Cc1nc(NCC#N)cc(NC2CCCC2)n1. The molecule has 1 fully saturated rings. The third kappa shape index (κ3) is 3.31. The molecule has 2 N–H and O–H groups in total. The molecule has 0 spiro atoms. The van der Waals surface area contributed by atoms with Gasteiger partial charge in [-0.2, -0.15) is 5.26 Å². The molecular formula is C12H17N5. The molecule has 1 aliphatic carbocycles.